The van der Waals surface area contributed by atoms with Crippen molar-refractivity contribution in [2.75, 3.05) is 23.9 Å². The van der Waals surface area contributed by atoms with Gasteiger partial charge in [-0.1, -0.05) is 36.0 Å². The monoisotopic (exact) mass is 445 g/mol. The molecule has 4 rings (SSSR count). The van der Waals surface area contributed by atoms with Crippen LogP contribution in [0.1, 0.15) is 5.56 Å². The Hall–Kier alpha value is -3.78. The van der Waals surface area contributed by atoms with E-state index in [1.807, 2.05) is 78.2 Å². The van der Waals surface area contributed by atoms with Crippen molar-refractivity contribution in [1.82, 2.24) is 14.8 Å². The van der Waals surface area contributed by atoms with Gasteiger partial charge in [-0.3, -0.25) is 9.36 Å². The van der Waals surface area contributed by atoms with Crippen LogP contribution in [0.15, 0.2) is 78.0 Å². The third kappa shape index (κ3) is 4.76. The average molecular weight is 446 g/mol. The Morgan fingerprint density at radius 1 is 1.06 bits per heavy atom. The fourth-order valence-electron chi connectivity index (χ4n) is 3.19. The zero-order valence-electron chi connectivity index (χ0n) is 17.8. The minimum absolute atomic E-state index is 0.141. The van der Waals surface area contributed by atoms with Crippen LogP contribution in [0.3, 0.4) is 0 Å². The Kier molecular flexibility index (Phi) is 6.42. The highest BCUT2D eigenvalue weighted by Gasteiger charge is 2.17. The quantitative estimate of drug-likeness (QED) is 0.320. The summed E-state index contributed by atoms with van der Waals surface area (Å²) in [5.74, 6) is 1.50. The zero-order valence-corrected chi connectivity index (χ0v) is 18.6. The molecule has 0 saturated heterocycles. The summed E-state index contributed by atoms with van der Waals surface area (Å²) >= 11 is 1.32. The Morgan fingerprint density at radius 2 is 1.81 bits per heavy atom. The molecule has 8 heteroatoms. The maximum absolute atomic E-state index is 12.6. The number of nitrogens with zero attached hydrogens (tertiary/aromatic N) is 3. The molecule has 3 aromatic carbocycles. The van der Waals surface area contributed by atoms with E-state index in [1.165, 1.54) is 11.8 Å². The number of ether oxygens (including phenoxy) is 1. The maximum atomic E-state index is 12.6. The smallest absolute Gasteiger partial charge is 0.234 e. The predicted octanol–water partition coefficient (Wildman–Crippen LogP) is 4.56. The van der Waals surface area contributed by atoms with Crippen molar-refractivity contribution in [3.05, 3.63) is 78.4 Å². The highest BCUT2D eigenvalue weighted by molar-refractivity contribution is 7.99. The number of carbonyl (C=O) groups is 1. The largest absolute Gasteiger partial charge is 0.497 e. The Balaban J connectivity index is 1.59. The average Bonchev–Trinajstić information content (AvgIpc) is 3.24. The number of rotatable bonds is 7. The topological polar surface area (TPSA) is 95.1 Å². The minimum atomic E-state index is -0.141. The molecule has 0 saturated carbocycles. The number of benzene rings is 3. The van der Waals surface area contributed by atoms with Gasteiger partial charge in [0, 0.05) is 22.6 Å². The van der Waals surface area contributed by atoms with Gasteiger partial charge in [-0.15, -0.1) is 10.2 Å². The number of nitrogens with two attached hydrogens (primary N) is 1. The summed E-state index contributed by atoms with van der Waals surface area (Å²) in [4.78, 5) is 12.6. The number of aryl methyl sites for hydroxylation is 1. The lowest BCUT2D eigenvalue weighted by molar-refractivity contribution is -0.113. The summed E-state index contributed by atoms with van der Waals surface area (Å²) < 4.78 is 7.21. The predicted molar refractivity (Wildman–Crippen MR) is 128 cm³/mol. The Bertz CT molecular complexity index is 1220. The van der Waals surface area contributed by atoms with Gasteiger partial charge in [-0.2, -0.15) is 0 Å². The number of hydrogen-bond donors (Lipinski definition) is 2. The van der Waals surface area contributed by atoms with Crippen LogP contribution < -0.4 is 15.8 Å². The van der Waals surface area contributed by atoms with E-state index < -0.39 is 0 Å². The first-order chi connectivity index (χ1) is 15.5. The molecule has 0 atom stereocenters. The van der Waals surface area contributed by atoms with E-state index in [-0.39, 0.29) is 11.7 Å². The van der Waals surface area contributed by atoms with Gasteiger partial charge in [0.2, 0.25) is 5.91 Å². The van der Waals surface area contributed by atoms with Crippen molar-refractivity contribution >= 4 is 29.0 Å². The zero-order chi connectivity index (χ0) is 22.5. The second-order valence-electron chi connectivity index (χ2n) is 7.12. The number of methoxy groups -OCH3 is 1. The summed E-state index contributed by atoms with van der Waals surface area (Å²) in [6.07, 6.45) is 0. The van der Waals surface area contributed by atoms with E-state index in [2.05, 4.69) is 15.5 Å². The SMILES string of the molecule is COc1ccc(-c2nnc(SCC(=O)Nc3cc(N)ccc3C)n2-c2ccccc2)cc1. The number of thioether (sulfide) groups is 1. The van der Waals surface area contributed by atoms with Gasteiger partial charge in [-0.05, 0) is 61.0 Å². The first kappa shape index (κ1) is 21.5. The molecule has 0 aliphatic rings. The molecule has 32 heavy (non-hydrogen) atoms. The number of nitrogens with one attached hydrogen (secondary N) is 1. The number of carbonyl (C=O) groups excluding carboxylic acids is 1. The van der Waals surface area contributed by atoms with Gasteiger partial charge in [0.15, 0.2) is 11.0 Å². The molecule has 0 bridgehead atoms. The third-order valence-electron chi connectivity index (χ3n) is 4.86. The van der Waals surface area contributed by atoms with Crippen LogP contribution in [-0.2, 0) is 4.79 Å². The summed E-state index contributed by atoms with van der Waals surface area (Å²) in [5, 5.41) is 12.3. The van der Waals surface area contributed by atoms with Gasteiger partial charge in [0.25, 0.3) is 0 Å². The van der Waals surface area contributed by atoms with Crippen LogP contribution in [0.2, 0.25) is 0 Å². The molecular formula is C24H23N5O2S. The van der Waals surface area contributed by atoms with Gasteiger partial charge in [-0.25, -0.2) is 0 Å². The molecule has 3 N–H and O–H groups in total. The number of aromatic nitrogens is 3. The minimum Gasteiger partial charge on any atom is -0.497 e. The molecule has 0 aliphatic heterocycles. The first-order valence-electron chi connectivity index (χ1n) is 9.99. The molecule has 0 aliphatic carbocycles. The fraction of sp³-hybridized carbons (Fsp3) is 0.125. The highest BCUT2D eigenvalue weighted by atomic mass is 32.2. The van der Waals surface area contributed by atoms with Crippen molar-refractivity contribution in [3.63, 3.8) is 0 Å². The molecular weight excluding hydrogens is 422 g/mol. The van der Waals surface area contributed by atoms with Crippen LogP contribution in [0.5, 0.6) is 5.75 Å². The standard InChI is InChI=1S/C24H23N5O2S/c1-16-8-11-18(25)14-21(16)26-22(30)15-32-24-28-27-23(17-9-12-20(31-2)13-10-17)29(24)19-6-4-3-5-7-19/h3-14H,15,25H2,1-2H3,(H,26,30). The lowest BCUT2D eigenvalue weighted by Gasteiger charge is -2.11. The number of anilines is 2. The first-order valence-corrected chi connectivity index (χ1v) is 11.0. The van der Waals surface area contributed by atoms with Crippen LogP contribution in [0.25, 0.3) is 17.1 Å². The Morgan fingerprint density at radius 3 is 2.53 bits per heavy atom. The van der Waals surface area contributed by atoms with Gasteiger partial charge >= 0.3 is 0 Å². The molecule has 4 aromatic rings. The summed E-state index contributed by atoms with van der Waals surface area (Å²) in [6.45, 7) is 1.93. The van der Waals surface area contributed by atoms with Crippen molar-refractivity contribution in [2.24, 2.45) is 0 Å². The van der Waals surface area contributed by atoms with Crippen LogP contribution in [-0.4, -0.2) is 33.5 Å². The van der Waals surface area contributed by atoms with Crippen molar-refractivity contribution in [2.45, 2.75) is 12.1 Å². The summed E-state index contributed by atoms with van der Waals surface area (Å²) in [7, 11) is 1.63. The van der Waals surface area contributed by atoms with Gasteiger partial charge in [0.05, 0.1) is 12.9 Å². The fourth-order valence-corrected chi connectivity index (χ4v) is 3.94. The van der Waals surface area contributed by atoms with Crippen molar-refractivity contribution < 1.29 is 9.53 Å². The number of para-hydroxylation sites is 1. The third-order valence-corrected chi connectivity index (χ3v) is 5.79. The van der Waals surface area contributed by atoms with Gasteiger partial charge in [0.1, 0.15) is 5.75 Å². The van der Waals surface area contributed by atoms with E-state index in [4.69, 9.17) is 10.5 Å². The van der Waals surface area contributed by atoms with Crippen molar-refractivity contribution in [1.29, 1.82) is 0 Å². The summed E-state index contributed by atoms with van der Waals surface area (Å²) in [6, 6.07) is 22.9. The Labute approximate surface area is 190 Å². The van der Waals surface area contributed by atoms with Crippen LogP contribution in [0, 0.1) is 6.92 Å². The highest BCUT2D eigenvalue weighted by Crippen LogP contribution is 2.29. The van der Waals surface area contributed by atoms with Crippen molar-refractivity contribution in [3.8, 4) is 22.8 Å². The normalized spacial score (nSPS) is 10.7. The number of hydrogen-bond acceptors (Lipinski definition) is 6. The molecule has 1 amide bonds. The lowest BCUT2D eigenvalue weighted by atomic mass is 10.2. The van der Waals surface area contributed by atoms with E-state index in [1.54, 1.807) is 13.2 Å². The molecule has 1 heterocycles. The van der Waals surface area contributed by atoms with E-state index in [0.29, 0.717) is 22.4 Å². The molecule has 162 valence electrons. The molecule has 0 fully saturated rings. The maximum Gasteiger partial charge on any atom is 0.234 e. The van der Waals surface area contributed by atoms with Crippen LogP contribution in [0.4, 0.5) is 11.4 Å². The summed E-state index contributed by atoms with van der Waals surface area (Å²) in [5.41, 5.74) is 9.92. The van der Waals surface area contributed by atoms with E-state index in [9.17, 15) is 4.79 Å². The van der Waals surface area contributed by atoms with Gasteiger partial charge < -0.3 is 15.8 Å². The molecule has 0 unspecified atom stereocenters. The van der Waals surface area contributed by atoms with Crippen LogP contribution >= 0.6 is 11.8 Å². The lowest BCUT2D eigenvalue weighted by Crippen LogP contribution is -2.15. The number of amides is 1. The molecule has 0 spiro atoms. The van der Waals surface area contributed by atoms with E-state index >= 15 is 0 Å². The molecule has 0 radical (unpaired) electrons. The van der Waals surface area contributed by atoms with E-state index in [0.717, 1.165) is 22.6 Å². The molecule has 7 nitrogen and oxygen atoms in total. The number of nitrogen functional groups attached to an aromatic ring is 1. The second kappa shape index (κ2) is 9.57. The molecule has 1 aromatic heterocycles. The second-order valence-corrected chi connectivity index (χ2v) is 8.06.